The molecule has 0 saturated heterocycles. The molecule has 4 nitrogen and oxygen atoms in total. The summed E-state index contributed by atoms with van der Waals surface area (Å²) in [6, 6.07) is 3.72. The lowest BCUT2D eigenvalue weighted by molar-refractivity contribution is 0.176. The van der Waals surface area contributed by atoms with Crippen molar-refractivity contribution in [2.75, 3.05) is 11.9 Å². The molecule has 4 heteroatoms. The molecule has 0 amide bonds. The molecular formula is C13H22N2O2. The van der Waals surface area contributed by atoms with Crippen molar-refractivity contribution in [3.63, 3.8) is 0 Å². The molecule has 1 aromatic heterocycles. The highest BCUT2D eigenvalue weighted by Crippen LogP contribution is 2.22. The minimum Gasteiger partial charge on any atom is -0.487 e. The zero-order chi connectivity index (χ0) is 12.7. The van der Waals surface area contributed by atoms with Crippen LogP contribution in [-0.4, -0.2) is 28.8 Å². The molecule has 1 atom stereocenters. The van der Waals surface area contributed by atoms with E-state index in [9.17, 15) is 5.11 Å². The first-order valence-corrected chi connectivity index (χ1v) is 6.17. The van der Waals surface area contributed by atoms with Crippen molar-refractivity contribution in [1.29, 1.82) is 0 Å². The smallest absolute Gasteiger partial charge is 0.168 e. The number of anilines is 1. The standard InChI is InChI=1S/C13H22N2O2/c1-4-6-11(16)9-15-13-12(17-10(2)3)7-5-8-14-13/h5,7-8,10-11,16H,4,6,9H2,1-3H3,(H,14,15). The highest BCUT2D eigenvalue weighted by molar-refractivity contribution is 5.49. The maximum absolute atomic E-state index is 9.65. The van der Waals surface area contributed by atoms with Crippen molar-refractivity contribution in [3.05, 3.63) is 18.3 Å². The maximum Gasteiger partial charge on any atom is 0.168 e. The van der Waals surface area contributed by atoms with Gasteiger partial charge in [0.2, 0.25) is 0 Å². The molecule has 0 radical (unpaired) electrons. The topological polar surface area (TPSA) is 54.4 Å². The summed E-state index contributed by atoms with van der Waals surface area (Å²) < 4.78 is 5.63. The molecule has 96 valence electrons. The Morgan fingerprint density at radius 3 is 2.88 bits per heavy atom. The fourth-order valence-electron chi connectivity index (χ4n) is 1.52. The Labute approximate surface area is 103 Å². The van der Waals surface area contributed by atoms with Crippen LogP contribution in [0.2, 0.25) is 0 Å². The van der Waals surface area contributed by atoms with E-state index < -0.39 is 0 Å². The summed E-state index contributed by atoms with van der Waals surface area (Å²) in [6.07, 6.45) is 3.25. The lowest BCUT2D eigenvalue weighted by atomic mass is 10.2. The summed E-state index contributed by atoms with van der Waals surface area (Å²) in [7, 11) is 0. The summed E-state index contributed by atoms with van der Waals surface area (Å²) in [4.78, 5) is 4.22. The van der Waals surface area contributed by atoms with E-state index in [0.717, 1.165) is 18.6 Å². The van der Waals surface area contributed by atoms with Crippen LogP contribution in [0.3, 0.4) is 0 Å². The number of aromatic nitrogens is 1. The van der Waals surface area contributed by atoms with Gasteiger partial charge in [-0.2, -0.15) is 0 Å². The molecule has 1 heterocycles. The van der Waals surface area contributed by atoms with Crippen LogP contribution in [-0.2, 0) is 0 Å². The average molecular weight is 238 g/mol. The van der Waals surface area contributed by atoms with Gasteiger partial charge in [0.05, 0.1) is 12.2 Å². The number of nitrogens with zero attached hydrogens (tertiary/aromatic N) is 1. The Hall–Kier alpha value is -1.29. The number of aliphatic hydroxyl groups excluding tert-OH is 1. The summed E-state index contributed by atoms with van der Waals surface area (Å²) in [5.74, 6) is 1.42. The minimum absolute atomic E-state index is 0.111. The molecule has 0 aliphatic heterocycles. The van der Waals surface area contributed by atoms with Gasteiger partial charge in [0.15, 0.2) is 11.6 Å². The SMILES string of the molecule is CCCC(O)CNc1ncccc1OC(C)C. The third-order valence-electron chi connectivity index (χ3n) is 2.26. The number of hydrogen-bond acceptors (Lipinski definition) is 4. The van der Waals surface area contributed by atoms with Crippen LogP contribution in [0.4, 0.5) is 5.82 Å². The normalized spacial score (nSPS) is 12.5. The van der Waals surface area contributed by atoms with Gasteiger partial charge in [-0.05, 0) is 32.4 Å². The molecule has 0 aromatic carbocycles. The third kappa shape index (κ3) is 5.04. The zero-order valence-corrected chi connectivity index (χ0v) is 10.8. The van der Waals surface area contributed by atoms with Crippen molar-refractivity contribution < 1.29 is 9.84 Å². The van der Waals surface area contributed by atoms with Crippen molar-refractivity contribution in [2.24, 2.45) is 0 Å². The van der Waals surface area contributed by atoms with Gasteiger partial charge in [0.25, 0.3) is 0 Å². The third-order valence-corrected chi connectivity index (χ3v) is 2.26. The van der Waals surface area contributed by atoms with Gasteiger partial charge < -0.3 is 15.2 Å². The highest BCUT2D eigenvalue weighted by Gasteiger charge is 2.08. The molecule has 1 unspecified atom stereocenters. The Morgan fingerprint density at radius 2 is 2.24 bits per heavy atom. The molecular weight excluding hydrogens is 216 g/mol. The fourth-order valence-corrected chi connectivity index (χ4v) is 1.52. The van der Waals surface area contributed by atoms with Crippen molar-refractivity contribution >= 4 is 5.82 Å². The molecule has 0 fully saturated rings. The molecule has 0 spiro atoms. The number of aliphatic hydroxyl groups is 1. The highest BCUT2D eigenvalue weighted by atomic mass is 16.5. The number of hydrogen-bond donors (Lipinski definition) is 2. The van der Waals surface area contributed by atoms with Crippen LogP contribution < -0.4 is 10.1 Å². The Balaban J connectivity index is 2.57. The van der Waals surface area contributed by atoms with Gasteiger partial charge in [-0.25, -0.2) is 4.98 Å². The Morgan fingerprint density at radius 1 is 1.47 bits per heavy atom. The Kier molecular flexibility index (Phi) is 5.77. The molecule has 17 heavy (non-hydrogen) atoms. The van der Waals surface area contributed by atoms with Crippen molar-refractivity contribution in [3.8, 4) is 5.75 Å². The first kappa shape index (κ1) is 13.8. The maximum atomic E-state index is 9.65. The van der Waals surface area contributed by atoms with E-state index in [0.29, 0.717) is 12.4 Å². The van der Waals surface area contributed by atoms with E-state index in [1.807, 2.05) is 26.0 Å². The van der Waals surface area contributed by atoms with Crippen molar-refractivity contribution in [1.82, 2.24) is 4.98 Å². The number of ether oxygens (including phenoxy) is 1. The average Bonchev–Trinajstić information content (AvgIpc) is 2.27. The molecule has 2 N–H and O–H groups in total. The van der Waals surface area contributed by atoms with Crippen LogP contribution >= 0.6 is 0 Å². The first-order valence-electron chi connectivity index (χ1n) is 6.17. The summed E-state index contributed by atoms with van der Waals surface area (Å²) in [5.41, 5.74) is 0. The predicted octanol–water partition coefficient (Wildman–Crippen LogP) is 2.44. The van der Waals surface area contributed by atoms with Gasteiger partial charge in [-0.15, -0.1) is 0 Å². The lowest BCUT2D eigenvalue weighted by Crippen LogP contribution is -2.20. The minimum atomic E-state index is -0.339. The molecule has 0 saturated carbocycles. The fraction of sp³-hybridized carbons (Fsp3) is 0.615. The van der Waals surface area contributed by atoms with Crippen LogP contribution in [0.25, 0.3) is 0 Å². The van der Waals surface area contributed by atoms with E-state index in [2.05, 4.69) is 17.2 Å². The Bertz CT molecular complexity index is 329. The second kappa shape index (κ2) is 7.12. The number of pyridine rings is 1. The second-order valence-electron chi connectivity index (χ2n) is 4.34. The zero-order valence-electron chi connectivity index (χ0n) is 10.8. The summed E-state index contributed by atoms with van der Waals surface area (Å²) >= 11 is 0. The van der Waals surface area contributed by atoms with Crippen LogP contribution in [0.1, 0.15) is 33.6 Å². The molecule has 1 aromatic rings. The monoisotopic (exact) mass is 238 g/mol. The predicted molar refractivity (Wildman–Crippen MR) is 69.4 cm³/mol. The second-order valence-corrected chi connectivity index (χ2v) is 4.34. The van der Waals surface area contributed by atoms with Gasteiger partial charge in [-0.3, -0.25) is 0 Å². The van der Waals surface area contributed by atoms with Crippen LogP contribution in [0, 0.1) is 0 Å². The van der Waals surface area contributed by atoms with E-state index in [1.54, 1.807) is 6.20 Å². The summed E-state index contributed by atoms with van der Waals surface area (Å²) in [5, 5.41) is 12.8. The molecule has 0 bridgehead atoms. The molecule has 1 rings (SSSR count). The quantitative estimate of drug-likeness (QED) is 0.766. The van der Waals surface area contributed by atoms with Crippen molar-refractivity contribution in [2.45, 2.75) is 45.8 Å². The molecule has 0 aliphatic carbocycles. The van der Waals surface area contributed by atoms with E-state index in [1.165, 1.54) is 0 Å². The largest absolute Gasteiger partial charge is 0.487 e. The van der Waals surface area contributed by atoms with E-state index in [4.69, 9.17) is 4.74 Å². The molecule has 0 aliphatic rings. The number of nitrogens with one attached hydrogen (secondary N) is 1. The lowest BCUT2D eigenvalue weighted by Gasteiger charge is -2.16. The van der Waals surface area contributed by atoms with Gasteiger partial charge in [0, 0.05) is 12.7 Å². The van der Waals surface area contributed by atoms with Gasteiger partial charge >= 0.3 is 0 Å². The van der Waals surface area contributed by atoms with E-state index >= 15 is 0 Å². The first-order chi connectivity index (χ1) is 8.13. The van der Waals surface area contributed by atoms with Gasteiger partial charge in [-0.1, -0.05) is 13.3 Å². The summed E-state index contributed by atoms with van der Waals surface area (Å²) in [6.45, 7) is 6.50. The van der Waals surface area contributed by atoms with Gasteiger partial charge in [0.1, 0.15) is 0 Å². The van der Waals surface area contributed by atoms with Crippen LogP contribution in [0.5, 0.6) is 5.75 Å². The number of rotatable bonds is 7. The van der Waals surface area contributed by atoms with E-state index in [-0.39, 0.29) is 12.2 Å². The van der Waals surface area contributed by atoms with Crippen LogP contribution in [0.15, 0.2) is 18.3 Å².